The van der Waals surface area contributed by atoms with Crippen LogP contribution in [0.15, 0.2) is 0 Å². The van der Waals surface area contributed by atoms with Crippen molar-refractivity contribution in [3.05, 3.63) is 0 Å². The van der Waals surface area contributed by atoms with Crippen LogP contribution in [-0.2, 0) is 9.53 Å². The fourth-order valence-corrected chi connectivity index (χ4v) is 3.20. The largest absolute Gasteiger partial charge is 0.466 e. The van der Waals surface area contributed by atoms with Crippen LogP contribution in [0.5, 0.6) is 0 Å². The Morgan fingerprint density at radius 3 is 2.35 bits per heavy atom. The van der Waals surface area contributed by atoms with E-state index < -0.39 is 6.09 Å². The van der Waals surface area contributed by atoms with Crippen LogP contribution in [0.4, 0.5) is 4.79 Å². The summed E-state index contributed by atoms with van der Waals surface area (Å²) in [5, 5.41) is 8.90. The Morgan fingerprint density at radius 2 is 1.88 bits per heavy atom. The molecule has 1 heterocycles. The van der Waals surface area contributed by atoms with Gasteiger partial charge in [0, 0.05) is 19.5 Å². The smallest absolute Gasteiger partial charge is 0.407 e. The fourth-order valence-electron chi connectivity index (χ4n) is 3.20. The zero-order chi connectivity index (χ0) is 12.4. The van der Waals surface area contributed by atoms with Gasteiger partial charge in [0.05, 0.1) is 6.61 Å². The molecule has 1 saturated heterocycles. The molecular formula is C12H19NO4. The van der Waals surface area contributed by atoms with E-state index in [2.05, 4.69) is 0 Å². The van der Waals surface area contributed by atoms with E-state index in [1.165, 1.54) is 4.90 Å². The van der Waals surface area contributed by atoms with Gasteiger partial charge in [0.1, 0.15) is 0 Å². The monoisotopic (exact) mass is 241 g/mol. The SMILES string of the molecule is CCOC(=O)CC1CC2CN(C(=O)O)CC2C1. The van der Waals surface area contributed by atoms with Crippen LogP contribution in [0.2, 0.25) is 0 Å². The van der Waals surface area contributed by atoms with Gasteiger partial charge in [-0.3, -0.25) is 4.79 Å². The molecule has 0 bridgehead atoms. The van der Waals surface area contributed by atoms with E-state index in [4.69, 9.17) is 9.84 Å². The van der Waals surface area contributed by atoms with Gasteiger partial charge in [0.15, 0.2) is 0 Å². The average Bonchev–Trinajstić information content (AvgIpc) is 2.74. The topological polar surface area (TPSA) is 66.8 Å². The first-order chi connectivity index (χ1) is 8.10. The second-order valence-corrected chi connectivity index (χ2v) is 5.05. The molecule has 2 atom stereocenters. The summed E-state index contributed by atoms with van der Waals surface area (Å²) in [7, 11) is 0. The number of esters is 1. The third-order valence-electron chi connectivity index (χ3n) is 3.88. The van der Waals surface area contributed by atoms with Gasteiger partial charge in [-0.15, -0.1) is 0 Å². The fraction of sp³-hybridized carbons (Fsp3) is 0.833. The second kappa shape index (κ2) is 4.94. The van der Waals surface area contributed by atoms with Gasteiger partial charge in [-0.1, -0.05) is 0 Å². The van der Waals surface area contributed by atoms with E-state index >= 15 is 0 Å². The first kappa shape index (κ1) is 12.2. The highest BCUT2D eigenvalue weighted by Crippen LogP contribution is 2.42. The number of carboxylic acid groups (broad SMARTS) is 1. The van der Waals surface area contributed by atoms with E-state index in [0.29, 0.717) is 43.9 Å². The van der Waals surface area contributed by atoms with Gasteiger partial charge in [0.2, 0.25) is 0 Å². The van der Waals surface area contributed by atoms with Crippen LogP contribution in [0.3, 0.4) is 0 Å². The molecule has 1 amide bonds. The van der Waals surface area contributed by atoms with E-state index in [9.17, 15) is 9.59 Å². The molecule has 0 aromatic rings. The maximum Gasteiger partial charge on any atom is 0.407 e. The summed E-state index contributed by atoms with van der Waals surface area (Å²) in [6.07, 6.45) is 1.61. The normalized spacial score (nSPS) is 31.4. The molecule has 0 aromatic heterocycles. The van der Waals surface area contributed by atoms with Gasteiger partial charge >= 0.3 is 12.1 Å². The number of rotatable bonds is 3. The molecule has 2 rings (SSSR count). The highest BCUT2D eigenvalue weighted by Gasteiger charge is 2.42. The molecule has 1 N–H and O–H groups in total. The Labute approximate surface area is 101 Å². The summed E-state index contributed by atoms with van der Waals surface area (Å²) >= 11 is 0. The lowest BCUT2D eigenvalue weighted by Gasteiger charge is -2.15. The average molecular weight is 241 g/mol. The van der Waals surface area contributed by atoms with Crippen molar-refractivity contribution in [3.63, 3.8) is 0 Å². The van der Waals surface area contributed by atoms with Gasteiger partial charge in [-0.05, 0) is 37.5 Å². The van der Waals surface area contributed by atoms with Gasteiger partial charge in [-0.2, -0.15) is 0 Å². The number of likely N-dealkylation sites (tertiary alicyclic amines) is 1. The molecule has 2 aliphatic rings. The molecule has 0 radical (unpaired) electrons. The number of amides is 1. The van der Waals surface area contributed by atoms with Crippen molar-refractivity contribution < 1.29 is 19.4 Å². The summed E-state index contributed by atoms with van der Waals surface area (Å²) in [5.74, 6) is 1.17. The van der Waals surface area contributed by atoms with Crippen molar-refractivity contribution in [1.82, 2.24) is 4.90 Å². The Balaban J connectivity index is 1.80. The lowest BCUT2D eigenvalue weighted by atomic mass is 10.0. The van der Waals surface area contributed by atoms with Crippen LogP contribution in [0.1, 0.15) is 26.2 Å². The first-order valence-electron chi connectivity index (χ1n) is 6.23. The molecule has 1 aliphatic carbocycles. The Hall–Kier alpha value is -1.26. The van der Waals surface area contributed by atoms with Crippen molar-refractivity contribution in [2.45, 2.75) is 26.2 Å². The highest BCUT2D eigenvalue weighted by atomic mass is 16.5. The zero-order valence-electron chi connectivity index (χ0n) is 10.1. The van der Waals surface area contributed by atoms with Gasteiger partial charge in [0.25, 0.3) is 0 Å². The quantitative estimate of drug-likeness (QED) is 0.762. The van der Waals surface area contributed by atoms with E-state index in [0.717, 1.165) is 12.8 Å². The molecule has 17 heavy (non-hydrogen) atoms. The number of ether oxygens (including phenoxy) is 1. The number of hydrogen-bond donors (Lipinski definition) is 1. The summed E-state index contributed by atoms with van der Waals surface area (Å²) in [5.41, 5.74) is 0. The standard InChI is InChI=1S/C12H19NO4/c1-2-17-11(14)5-8-3-9-6-13(12(15)16)7-10(9)4-8/h8-10H,2-7H2,1H3,(H,15,16). The van der Waals surface area contributed by atoms with Crippen LogP contribution < -0.4 is 0 Å². The molecule has 2 fully saturated rings. The Kier molecular flexibility index (Phi) is 3.54. The molecule has 1 saturated carbocycles. The van der Waals surface area contributed by atoms with E-state index in [-0.39, 0.29) is 5.97 Å². The summed E-state index contributed by atoms with van der Waals surface area (Å²) in [6.45, 7) is 3.52. The molecule has 5 nitrogen and oxygen atoms in total. The minimum atomic E-state index is -0.818. The van der Waals surface area contributed by atoms with Gasteiger partial charge in [-0.25, -0.2) is 4.79 Å². The summed E-state index contributed by atoms with van der Waals surface area (Å²) < 4.78 is 4.94. The van der Waals surface area contributed by atoms with Crippen molar-refractivity contribution in [3.8, 4) is 0 Å². The molecule has 0 aromatic carbocycles. The second-order valence-electron chi connectivity index (χ2n) is 5.05. The van der Waals surface area contributed by atoms with Crippen molar-refractivity contribution in [2.24, 2.45) is 17.8 Å². The van der Waals surface area contributed by atoms with E-state index in [1.807, 2.05) is 6.92 Å². The maximum atomic E-state index is 11.4. The lowest BCUT2D eigenvalue weighted by molar-refractivity contribution is -0.144. The molecule has 2 unspecified atom stereocenters. The molecule has 96 valence electrons. The minimum absolute atomic E-state index is 0.118. The maximum absolute atomic E-state index is 11.4. The summed E-state index contributed by atoms with van der Waals surface area (Å²) in [4.78, 5) is 23.7. The van der Waals surface area contributed by atoms with Crippen molar-refractivity contribution in [1.29, 1.82) is 0 Å². The van der Waals surface area contributed by atoms with Crippen LogP contribution in [-0.4, -0.2) is 41.8 Å². The predicted molar refractivity (Wildman–Crippen MR) is 60.6 cm³/mol. The number of carbonyl (C=O) groups excluding carboxylic acids is 1. The third-order valence-corrected chi connectivity index (χ3v) is 3.88. The summed E-state index contributed by atoms with van der Waals surface area (Å²) in [6, 6.07) is 0. The lowest BCUT2D eigenvalue weighted by Crippen LogP contribution is -2.28. The Morgan fingerprint density at radius 1 is 1.29 bits per heavy atom. The zero-order valence-corrected chi connectivity index (χ0v) is 10.1. The Bertz CT molecular complexity index is 304. The van der Waals surface area contributed by atoms with E-state index in [1.54, 1.807) is 0 Å². The molecule has 5 heteroatoms. The number of carbonyl (C=O) groups is 2. The van der Waals surface area contributed by atoms with Crippen LogP contribution in [0.25, 0.3) is 0 Å². The third kappa shape index (κ3) is 2.70. The van der Waals surface area contributed by atoms with Crippen molar-refractivity contribution in [2.75, 3.05) is 19.7 Å². The predicted octanol–water partition coefficient (Wildman–Crippen LogP) is 1.58. The number of hydrogen-bond acceptors (Lipinski definition) is 3. The van der Waals surface area contributed by atoms with Gasteiger partial charge < -0.3 is 14.7 Å². The minimum Gasteiger partial charge on any atom is -0.466 e. The molecule has 0 spiro atoms. The first-order valence-corrected chi connectivity index (χ1v) is 6.23. The molecule has 1 aliphatic heterocycles. The molecular weight excluding hydrogens is 222 g/mol. The number of fused-ring (bicyclic) bond motifs is 1. The van der Waals surface area contributed by atoms with Crippen LogP contribution in [0, 0.1) is 17.8 Å². The van der Waals surface area contributed by atoms with Crippen LogP contribution >= 0.6 is 0 Å². The van der Waals surface area contributed by atoms with Crippen molar-refractivity contribution >= 4 is 12.1 Å². The number of nitrogens with zero attached hydrogens (tertiary/aromatic N) is 1. The highest BCUT2D eigenvalue weighted by molar-refractivity contribution is 5.69.